The van der Waals surface area contributed by atoms with Crippen LogP contribution in [0, 0.1) is 0 Å². The van der Waals surface area contributed by atoms with Crippen LogP contribution in [0.1, 0.15) is 57.6 Å². The molecule has 2 N–H and O–H groups in total. The van der Waals surface area contributed by atoms with Crippen LogP contribution in [0.25, 0.3) is 6.08 Å². The lowest BCUT2D eigenvalue weighted by atomic mass is 9.79. The molecule has 0 radical (unpaired) electrons. The number of hydrogen-bond acceptors (Lipinski definition) is 4. The molecule has 2 heterocycles. The molecular formula is C27H31BrN4O3. The van der Waals surface area contributed by atoms with Crippen LogP contribution in [0.5, 0.6) is 0 Å². The zero-order chi connectivity index (χ0) is 25.3. The predicted molar refractivity (Wildman–Crippen MR) is 142 cm³/mol. The van der Waals surface area contributed by atoms with Crippen molar-refractivity contribution in [3.8, 4) is 0 Å². The molecule has 2 aliphatic heterocycles. The summed E-state index contributed by atoms with van der Waals surface area (Å²) in [5, 5.41) is 5.32. The van der Waals surface area contributed by atoms with Gasteiger partial charge in [0.1, 0.15) is 12.2 Å². The van der Waals surface area contributed by atoms with Gasteiger partial charge < -0.3 is 15.5 Å². The lowest BCUT2D eigenvalue weighted by Gasteiger charge is -2.47. The fourth-order valence-electron chi connectivity index (χ4n) is 5.00. The predicted octanol–water partition coefficient (Wildman–Crippen LogP) is 5.48. The molecule has 7 nitrogen and oxygen atoms in total. The molecule has 35 heavy (non-hydrogen) atoms. The summed E-state index contributed by atoms with van der Waals surface area (Å²) in [6.07, 6.45) is 3.79. The minimum absolute atomic E-state index is 0.0785. The largest absolute Gasteiger partial charge is 0.366 e. The number of rotatable bonds is 6. The summed E-state index contributed by atoms with van der Waals surface area (Å²) in [6, 6.07) is 12.7. The number of imide groups is 1. The van der Waals surface area contributed by atoms with Gasteiger partial charge in [-0.25, -0.2) is 9.69 Å². The Bertz CT molecular complexity index is 1190. The number of anilines is 2. The number of carbonyl (C=O) groups excluding carboxylic acids is 3. The smallest absolute Gasteiger partial charge is 0.329 e. The Morgan fingerprint density at radius 3 is 2.60 bits per heavy atom. The van der Waals surface area contributed by atoms with Crippen LogP contribution < -0.4 is 15.5 Å². The summed E-state index contributed by atoms with van der Waals surface area (Å²) in [7, 11) is 0. The summed E-state index contributed by atoms with van der Waals surface area (Å²) in [6.45, 7) is 9.61. The van der Waals surface area contributed by atoms with Crippen molar-refractivity contribution in [3.05, 3.63) is 63.8 Å². The number of carbonyl (C=O) groups is 3. The van der Waals surface area contributed by atoms with E-state index in [0.29, 0.717) is 11.6 Å². The maximum Gasteiger partial charge on any atom is 0.329 e. The Kier molecular flexibility index (Phi) is 7.03. The Hall–Kier alpha value is -3.13. The van der Waals surface area contributed by atoms with Crippen LogP contribution in [0.2, 0.25) is 0 Å². The fourth-order valence-corrected chi connectivity index (χ4v) is 5.27. The highest BCUT2D eigenvalue weighted by molar-refractivity contribution is 9.10. The molecule has 1 saturated heterocycles. The van der Waals surface area contributed by atoms with Crippen LogP contribution in [0.4, 0.5) is 16.2 Å². The summed E-state index contributed by atoms with van der Waals surface area (Å²) in [4.78, 5) is 41.2. The molecule has 4 amide bonds. The third kappa shape index (κ3) is 5.27. The molecule has 2 aliphatic rings. The van der Waals surface area contributed by atoms with E-state index < -0.39 is 17.8 Å². The van der Waals surface area contributed by atoms with E-state index in [9.17, 15) is 14.4 Å². The number of nitrogens with one attached hydrogen (secondary N) is 2. The van der Waals surface area contributed by atoms with Gasteiger partial charge in [-0.05, 0) is 86.2 Å². The highest BCUT2D eigenvalue weighted by Gasteiger charge is 2.37. The number of urea groups is 1. The van der Waals surface area contributed by atoms with Gasteiger partial charge >= 0.3 is 6.03 Å². The molecule has 0 aromatic heterocycles. The van der Waals surface area contributed by atoms with Gasteiger partial charge in [0, 0.05) is 27.9 Å². The molecule has 2 aromatic rings. The Morgan fingerprint density at radius 1 is 1.20 bits per heavy atom. The third-order valence-electron chi connectivity index (χ3n) is 6.56. The molecule has 8 heteroatoms. The number of halogens is 1. The average Bonchev–Trinajstić information content (AvgIpc) is 3.05. The lowest BCUT2D eigenvalue weighted by Crippen LogP contribution is -2.48. The van der Waals surface area contributed by atoms with Gasteiger partial charge in [-0.15, -0.1) is 0 Å². The maximum absolute atomic E-state index is 12.9. The van der Waals surface area contributed by atoms with Crippen molar-refractivity contribution in [2.75, 3.05) is 23.3 Å². The van der Waals surface area contributed by atoms with Gasteiger partial charge in [-0.3, -0.25) is 9.59 Å². The van der Waals surface area contributed by atoms with Crippen molar-refractivity contribution < 1.29 is 14.4 Å². The van der Waals surface area contributed by atoms with Crippen LogP contribution in [0.15, 0.2) is 52.6 Å². The van der Waals surface area contributed by atoms with Gasteiger partial charge in [0.2, 0.25) is 5.91 Å². The van der Waals surface area contributed by atoms with E-state index in [1.54, 1.807) is 30.3 Å². The van der Waals surface area contributed by atoms with Crippen molar-refractivity contribution in [2.45, 2.75) is 52.0 Å². The molecule has 2 aromatic carbocycles. The minimum atomic E-state index is -0.602. The molecule has 0 spiro atoms. The summed E-state index contributed by atoms with van der Waals surface area (Å²) >= 11 is 3.34. The number of nitrogens with zero attached hydrogens (tertiary/aromatic N) is 2. The topological polar surface area (TPSA) is 81.8 Å². The van der Waals surface area contributed by atoms with Crippen LogP contribution in [-0.2, 0) is 9.59 Å². The van der Waals surface area contributed by atoms with E-state index in [1.807, 2.05) is 6.07 Å². The highest BCUT2D eigenvalue weighted by Crippen LogP contribution is 2.43. The van der Waals surface area contributed by atoms with Crippen molar-refractivity contribution in [1.29, 1.82) is 0 Å². The van der Waals surface area contributed by atoms with Crippen molar-refractivity contribution >= 4 is 51.2 Å². The van der Waals surface area contributed by atoms with Gasteiger partial charge in [0.15, 0.2) is 0 Å². The number of hydrogen-bond donors (Lipinski definition) is 2. The van der Waals surface area contributed by atoms with Crippen LogP contribution >= 0.6 is 15.9 Å². The number of fused-ring (bicyclic) bond motifs is 1. The monoisotopic (exact) mass is 538 g/mol. The van der Waals surface area contributed by atoms with E-state index in [-0.39, 0.29) is 17.8 Å². The molecule has 1 unspecified atom stereocenters. The summed E-state index contributed by atoms with van der Waals surface area (Å²) < 4.78 is 0.887. The lowest BCUT2D eigenvalue weighted by molar-refractivity contribution is -0.127. The van der Waals surface area contributed by atoms with Gasteiger partial charge in [-0.1, -0.05) is 35.8 Å². The van der Waals surface area contributed by atoms with Crippen LogP contribution in [-0.4, -0.2) is 41.4 Å². The molecule has 0 aliphatic carbocycles. The fraction of sp³-hybridized carbons (Fsp3) is 0.370. The first-order valence-corrected chi connectivity index (χ1v) is 12.7. The molecule has 1 fully saturated rings. The Balaban J connectivity index is 1.51. The molecule has 4 rings (SSSR count). The van der Waals surface area contributed by atoms with E-state index in [1.165, 1.54) is 11.3 Å². The standard InChI is InChI=1S/C27H31BrN4O3/c1-5-12-32-23-11-6-18(13-21(23)17(2)15-27(32,3)4)14-22-25(34)31(26(35)30-22)16-24(33)29-20-9-7-19(28)8-10-20/h6-11,13-14,17H,5,12,15-16H2,1-4H3,(H,29,33)(H,30,35)/b22-14+. The second-order valence-corrected chi connectivity index (χ2v) is 10.7. The molecular weight excluding hydrogens is 508 g/mol. The molecule has 1 atom stereocenters. The highest BCUT2D eigenvalue weighted by atomic mass is 79.9. The molecule has 184 valence electrons. The molecule has 0 saturated carbocycles. The first kappa shape index (κ1) is 25.0. The average molecular weight is 539 g/mol. The Labute approximate surface area is 214 Å². The third-order valence-corrected chi connectivity index (χ3v) is 7.09. The van der Waals surface area contributed by atoms with E-state index in [2.05, 4.69) is 71.3 Å². The van der Waals surface area contributed by atoms with Gasteiger partial charge in [0.05, 0.1) is 0 Å². The van der Waals surface area contributed by atoms with E-state index >= 15 is 0 Å². The van der Waals surface area contributed by atoms with E-state index in [0.717, 1.165) is 34.3 Å². The van der Waals surface area contributed by atoms with Gasteiger partial charge in [-0.2, -0.15) is 0 Å². The van der Waals surface area contributed by atoms with Crippen molar-refractivity contribution in [3.63, 3.8) is 0 Å². The Morgan fingerprint density at radius 2 is 1.91 bits per heavy atom. The van der Waals surface area contributed by atoms with Gasteiger partial charge in [0.25, 0.3) is 5.91 Å². The van der Waals surface area contributed by atoms with Crippen molar-refractivity contribution in [2.24, 2.45) is 0 Å². The summed E-state index contributed by atoms with van der Waals surface area (Å²) in [5.41, 5.74) is 4.15. The number of benzene rings is 2. The van der Waals surface area contributed by atoms with Crippen molar-refractivity contribution in [1.82, 2.24) is 10.2 Å². The second-order valence-electron chi connectivity index (χ2n) is 9.82. The first-order valence-electron chi connectivity index (χ1n) is 11.9. The zero-order valence-electron chi connectivity index (χ0n) is 20.5. The normalized spacial score (nSPS) is 20.1. The SMILES string of the molecule is CCCN1c2ccc(/C=C3/NC(=O)N(CC(=O)Nc4ccc(Br)cc4)C3=O)cc2C(C)CC1(C)C. The van der Waals surface area contributed by atoms with Crippen LogP contribution in [0.3, 0.4) is 0 Å². The molecule has 0 bridgehead atoms. The zero-order valence-corrected chi connectivity index (χ0v) is 22.1. The minimum Gasteiger partial charge on any atom is -0.366 e. The first-order chi connectivity index (χ1) is 16.6. The second kappa shape index (κ2) is 9.85. The number of amides is 4. The summed E-state index contributed by atoms with van der Waals surface area (Å²) in [5.74, 6) is -0.585. The quantitative estimate of drug-likeness (QED) is 0.376. The van der Waals surface area contributed by atoms with E-state index in [4.69, 9.17) is 0 Å². The maximum atomic E-state index is 12.9.